The van der Waals surface area contributed by atoms with Crippen molar-refractivity contribution >= 4 is 0 Å². The second-order valence-electron chi connectivity index (χ2n) is 2.47. The Balaban J connectivity index is 5.04. The number of nitrogens with zero attached hydrogens (tertiary/aromatic N) is 1. The van der Waals surface area contributed by atoms with Crippen molar-refractivity contribution in [3.8, 4) is 0 Å². The van der Waals surface area contributed by atoms with E-state index in [4.69, 9.17) is 0 Å². The van der Waals surface area contributed by atoms with E-state index in [0.29, 0.717) is 0 Å². The number of hydrogen-bond acceptors (Lipinski definition) is 2. The summed E-state index contributed by atoms with van der Waals surface area (Å²) in [6.07, 6.45) is 0.488. The lowest BCUT2D eigenvalue weighted by Crippen LogP contribution is -2.11. The molecule has 0 saturated heterocycles. The highest BCUT2D eigenvalue weighted by molar-refractivity contribution is 5.30. The Hall–Kier alpha value is -1.39. The predicted molar refractivity (Wildman–Crippen MR) is 48.5 cm³/mol. The molecule has 0 unspecified atom stereocenters. The molecule has 0 heterocycles. The van der Waals surface area contributed by atoms with E-state index in [1.54, 1.807) is 13.0 Å². The first-order chi connectivity index (χ1) is 6.43. The van der Waals surface area contributed by atoms with Gasteiger partial charge in [-0.15, -0.1) is 4.91 Å². The monoisotopic (exact) mass is 205 g/mol. The highest BCUT2D eigenvalue weighted by atomic mass is 19.4. The summed E-state index contributed by atoms with van der Waals surface area (Å²) < 4.78 is 36.8. The van der Waals surface area contributed by atoms with Crippen LogP contribution in [0.5, 0.6) is 0 Å². The standard InChI is InChI=1S/C9H10F3NO/c1-3-4-5-6-8(7(2)13-14)9(10,11)12/h3-6H,1-2H3/b4-3-,6-5-,8-7-. The van der Waals surface area contributed by atoms with Crippen LogP contribution in [0, 0.1) is 4.91 Å². The summed E-state index contributed by atoms with van der Waals surface area (Å²) in [5, 5.41) is 2.27. The summed E-state index contributed by atoms with van der Waals surface area (Å²) >= 11 is 0. The third kappa shape index (κ3) is 4.02. The van der Waals surface area contributed by atoms with Crippen LogP contribution >= 0.6 is 0 Å². The van der Waals surface area contributed by atoms with Crippen molar-refractivity contribution in [1.82, 2.24) is 0 Å². The fourth-order valence-corrected chi connectivity index (χ4v) is 0.732. The Morgan fingerprint density at radius 3 is 2.21 bits per heavy atom. The minimum atomic E-state index is -4.55. The van der Waals surface area contributed by atoms with Gasteiger partial charge in [0.05, 0.1) is 11.3 Å². The van der Waals surface area contributed by atoms with Crippen molar-refractivity contribution in [2.75, 3.05) is 0 Å². The lowest BCUT2D eigenvalue weighted by atomic mass is 10.2. The number of allylic oxidation sites excluding steroid dienone is 6. The molecule has 0 aromatic heterocycles. The summed E-state index contributed by atoms with van der Waals surface area (Å²) in [7, 11) is 0. The van der Waals surface area contributed by atoms with Crippen LogP contribution in [0.1, 0.15) is 13.8 Å². The van der Waals surface area contributed by atoms with E-state index in [1.165, 1.54) is 12.2 Å². The van der Waals surface area contributed by atoms with Crippen LogP contribution in [0.25, 0.3) is 0 Å². The minimum absolute atomic E-state index is 0.571. The maximum absolute atomic E-state index is 12.3. The third-order valence-corrected chi connectivity index (χ3v) is 1.40. The number of hydrogen-bond donors (Lipinski definition) is 0. The molecular weight excluding hydrogens is 195 g/mol. The van der Waals surface area contributed by atoms with Crippen molar-refractivity contribution in [1.29, 1.82) is 0 Å². The second kappa shape index (κ2) is 5.36. The molecule has 0 spiro atoms. The van der Waals surface area contributed by atoms with Gasteiger partial charge in [0.25, 0.3) is 0 Å². The number of alkyl halides is 3. The summed E-state index contributed by atoms with van der Waals surface area (Å²) in [6.45, 7) is 2.70. The summed E-state index contributed by atoms with van der Waals surface area (Å²) in [5.41, 5.74) is -1.59. The summed E-state index contributed by atoms with van der Waals surface area (Å²) in [6, 6.07) is 0. The topological polar surface area (TPSA) is 29.4 Å². The van der Waals surface area contributed by atoms with E-state index in [2.05, 4.69) is 5.18 Å². The molecule has 5 heteroatoms. The molecule has 0 bridgehead atoms. The first-order valence-corrected chi connectivity index (χ1v) is 3.84. The molecule has 0 atom stereocenters. The highest BCUT2D eigenvalue weighted by Gasteiger charge is 2.33. The van der Waals surface area contributed by atoms with Gasteiger partial charge in [0, 0.05) is 0 Å². The molecule has 0 N–H and O–H groups in total. The van der Waals surface area contributed by atoms with Crippen LogP contribution in [-0.4, -0.2) is 6.18 Å². The van der Waals surface area contributed by atoms with Gasteiger partial charge in [0.2, 0.25) is 0 Å². The molecule has 78 valence electrons. The van der Waals surface area contributed by atoms with Crippen molar-refractivity contribution in [2.24, 2.45) is 5.18 Å². The van der Waals surface area contributed by atoms with Crippen LogP contribution in [0.15, 0.2) is 40.8 Å². The first kappa shape index (κ1) is 12.6. The van der Waals surface area contributed by atoms with Gasteiger partial charge in [-0.3, -0.25) is 0 Å². The van der Waals surface area contributed by atoms with Gasteiger partial charge in [-0.1, -0.05) is 18.2 Å². The molecule has 0 aromatic rings. The molecule has 0 amide bonds. The molecule has 0 fully saturated rings. The minimum Gasteiger partial charge on any atom is -0.166 e. The third-order valence-electron chi connectivity index (χ3n) is 1.40. The Morgan fingerprint density at radius 2 is 1.86 bits per heavy atom. The lowest BCUT2D eigenvalue weighted by molar-refractivity contribution is -0.0890. The van der Waals surface area contributed by atoms with Crippen LogP contribution in [0.2, 0.25) is 0 Å². The van der Waals surface area contributed by atoms with Gasteiger partial charge in [0.1, 0.15) is 0 Å². The fourth-order valence-electron chi connectivity index (χ4n) is 0.732. The molecule has 0 saturated carbocycles. The molecule has 0 aliphatic heterocycles. The predicted octanol–water partition coefficient (Wildman–Crippen LogP) is 3.72. The Morgan fingerprint density at radius 1 is 1.29 bits per heavy atom. The second-order valence-corrected chi connectivity index (χ2v) is 2.47. The quantitative estimate of drug-likeness (QED) is 0.510. The smallest absolute Gasteiger partial charge is 0.166 e. The SMILES string of the molecule is C\C=C/C=C\C(=C(/C)N=O)C(F)(F)F. The zero-order valence-electron chi connectivity index (χ0n) is 7.80. The molecule has 0 rings (SSSR count). The van der Waals surface area contributed by atoms with E-state index in [0.717, 1.165) is 13.0 Å². The molecular formula is C9H10F3NO. The first-order valence-electron chi connectivity index (χ1n) is 3.84. The zero-order valence-corrected chi connectivity index (χ0v) is 7.80. The van der Waals surface area contributed by atoms with Gasteiger partial charge in [-0.25, -0.2) is 0 Å². The van der Waals surface area contributed by atoms with Crippen LogP contribution in [0.4, 0.5) is 13.2 Å². The van der Waals surface area contributed by atoms with Crippen LogP contribution in [0.3, 0.4) is 0 Å². The summed E-state index contributed by atoms with van der Waals surface area (Å²) in [5.74, 6) is 0. The Labute approximate surface area is 79.8 Å². The molecule has 0 aliphatic rings. The average Bonchev–Trinajstić information content (AvgIpc) is 2.09. The van der Waals surface area contributed by atoms with Crippen molar-refractivity contribution in [3.63, 3.8) is 0 Å². The highest BCUT2D eigenvalue weighted by Crippen LogP contribution is 2.29. The van der Waals surface area contributed by atoms with Crippen molar-refractivity contribution in [2.45, 2.75) is 20.0 Å². The van der Waals surface area contributed by atoms with Gasteiger partial charge in [-0.05, 0) is 25.1 Å². The Bertz CT molecular complexity index is 287. The maximum atomic E-state index is 12.3. The number of rotatable bonds is 3. The molecule has 2 nitrogen and oxygen atoms in total. The van der Waals surface area contributed by atoms with E-state index in [1.807, 2.05) is 0 Å². The maximum Gasteiger partial charge on any atom is 0.418 e. The van der Waals surface area contributed by atoms with Gasteiger partial charge < -0.3 is 0 Å². The largest absolute Gasteiger partial charge is 0.418 e. The number of halogens is 3. The van der Waals surface area contributed by atoms with Crippen LogP contribution in [-0.2, 0) is 0 Å². The van der Waals surface area contributed by atoms with Crippen molar-refractivity contribution < 1.29 is 13.2 Å². The van der Waals surface area contributed by atoms with E-state index in [-0.39, 0.29) is 0 Å². The Kier molecular flexibility index (Phi) is 4.83. The molecule has 0 aliphatic carbocycles. The summed E-state index contributed by atoms with van der Waals surface area (Å²) in [4.78, 5) is 9.97. The van der Waals surface area contributed by atoms with Gasteiger partial charge in [-0.2, -0.15) is 13.2 Å². The van der Waals surface area contributed by atoms with Crippen molar-refractivity contribution in [3.05, 3.63) is 40.5 Å². The van der Waals surface area contributed by atoms with Gasteiger partial charge in [0.15, 0.2) is 0 Å². The van der Waals surface area contributed by atoms with E-state index < -0.39 is 17.4 Å². The normalized spacial score (nSPS) is 14.9. The molecule has 0 radical (unpaired) electrons. The van der Waals surface area contributed by atoms with Crippen LogP contribution < -0.4 is 0 Å². The number of nitroso groups, excluding NO2 is 1. The molecule has 14 heavy (non-hydrogen) atoms. The van der Waals surface area contributed by atoms with E-state index >= 15 is 0 Å². The average molecular weight is 205 g/mol. The van der Waals surface area contributed by atoms with E-state index in [9.17, 15) is 18.1 Å². The zero-order chi connectivity index (χ0) is 11.2. The fraction of sp³-hybridized carbons (Fsp3) is 0.333. The lowest BCUT2D eigenvalue weighted by Gasteiger charge is -2.07. The molecule has 0 aromatic carbocycles. The van der Waals surface area contributed by atoms with Gasteiger partial charge >= 0.3 is 6.18 Å².